The van der Waals surface area contributed by atoms with E-state index in [9.17, 15) is 0 Å². The number of nitrogens with one attached hydrogen (secondary N) is 1. The van der Waals surface area contributed by atoms with E-state index in [1.54, 1.807) is 12.4 Å². The summed E-state index contributed by atoms with van der Waals surface area (Å²) < 4.78 is 0.919. The predicted octanol–water partition coefficient (Wildman–Crippen LogP) is 3.23. The maximum Gasteiger partial charge on any atom is 0.222 e. The van der Waals surface area contributed by atoms with Gasteiger partial charge in [0.2, 0.25) is 5.95 Å². The van der Waals surface area contributed by atoms with Crippen molar-refractivity contribution in [3.63, 3.8) is 0 Å². The third-order valence-corrected chi connectivity index (χ3v) is 3.39. The first-order valence-electron chi connectivity index (χ1n) is 5.45. The predicted molar refractivity (Wildman–Crippen MR) is 64.8 cm³/mol. The van der Waals surface area contributed by atoms with Gasteiger partial charge in [0.15, 0.2) is 0 Å². The van der Waals surface area contributed by atoms with E-state index in [-0.39, 0.29) is 0 Å². The van der Waals surface area contributed by atoms with Crippen LogP contribution in [0.3, 0.4) is 0 Å². The van der Waals surface area contributed by atoms with E-state index in [1.807, 2.05) is 0 Å². The van der Waals surface area contributed by atoms with Crippen LogP contribution in [0.2, 0.25) is 0 Å². The highest BCUT2D eigenvalue weighted by Crippen LogP contribution is 2.49. The van der Waals surface area contributed by atoms with Crippen LogP contribution < -0.4 is 5.32 Å². The van der Waals surface area contributed by atoms with Crippen molar-refractivity contribution >= 4 is 21.9 Å². The summed E-state index contributed by atoms with van der Waals surface area (Å²) in [4.78, 5) is 8.40. The van der Waals surface area contributed by atoms with E-state index in [4.69, 9.17) is 0 Å². The lowest BCUT2D eigenvalue weighted by molar-refractivity contribution is 0.484. The van der Waals surface area contributed by atoms with Gasteiger partial charge in [-0.1, -0.05) is 13.3 Å². The highest BCUT2D eigenvalue weighted by atomic mass is 79.9. The third kappa shape index (κ3) is 2.91. The van der Waals surface area contributed by atoms with Crippen LogP contribution in [-0.4, -0.2) is 16.5 Å². The molecule has 0 radical (unpaired) electrons. The van der Waals surface area contributed by atoms with Gasteiger partial charge in [-0.3, -0.25) is 0 Å². The quantitative estimate of drug-likeness (QED) is 0.892. The second kappa shape index (κ2) is 4.47. The molecule has 3 nitrogen and oxygen atoms in total. The lowest BCUT2D eigenvalue weighted by Gasteiger charge is -2.14. The standard InChI is InChI=1S/C11H16BrN3/c1-2-3-11(4-5-11)8-15-10-13-6-9(12)7-14-10/h6-7H,2-5,8H2,1H3,(H,13,14,15). The van der Waals surface area contributed by atoms with Gasteiger partial charge in [-0.2, -0.15) is 0 Å². The Hall–Kier alpha value is -0.640. The summed E-state index contributed by atoms with van der Waals surface area (Å²) in [5.41, 5.74) is 0.547. The van der Waals surface area contributed by atoms with Crippen molar-refractivity contribution in [2.75, 3.05) is 11.9 Å². The summed E-state index contributed by atoms with van der Waals surface area (Å²) in [5, 5.41) is 3.32. The summed E-state index contributed by atoms with van der Waals surface area (Å²) in [5.74, 6) is 0.737. The summed E-state index contributed by atoms with van der Waals surface area (Å²) >= 11 is 3.32. The molecule has 15 heavy (non-hydrogen) atoms. The SMILES string of the molecule is CCCC1(CNc2ncc(Br)cn2)CC1. The maximum absolute atomic E-state index is 4.20. The zero-order valence-corrected chi connectivity index (χ0v) is 10.5. The minimum Gasteiger partial charge on any atom is -0.354 e. The first kappa shape index (κ1) is 10.9. The van der Waals surface area contributed by atoms with Crippen LogP contribution in [0, 0.1) is 5.41 Å². The summed E-state index contributed by atoms with van der Waals surface area (Å²) in [7, 11) is 0. The normalized spacial score (nSPS) is 17.5. The van der Waals surface area contributed by atoms with Gasteiger partial charge < -0.3 is 5.32 Å². The molecule has 1 fully saturated rings. The molecule has 1 heterocycles. The largest absolute Gasteiger partial charge is 0.354 e. The maximum atomic E-state index is 4.20. The highest BCUT2D eigenvalue weighted by molar-refractivity contribution is 9.10. The van der Waals surface area contributed by atoms with Crippen molar-refractivity contribution < 1.29 is 0 Å². The molecule has 2 rings (SSSR count). The van der Waals surface area contributed by atoms with E-state index < -0.39 is 0 Å². The Morgan fingerprint density at radius 1 is 1.40 bits per heavy atom. The first-order chi connectivity index (χ1) is 7.24. The van der Waals surface area contributed by atoms with E-state index in [0.717, 1.165) is 17.0 Å². The molecule has 0 unspecified atom stereocenters. The molecule has 0 spiro atoms. The number of anilines is 1. The van der Waals surface area contributed by atoms with E-state index in [2.05, 4.69) is 38.1 Å². The molecule has 1 aromatic rings. The molecular weight excluding hydrogens is 254 g/mol. The van der Waals surface area contributed by atoms with Gasteiger partial charge in [0.25, 0.3) is 0 Å². The molecule has 0 aromatic carbocycles. The Bertz CT molecular complexity index is 319. The molecular formula is C11H16BrN3. The number of hydrogen-bond acceptors (Lipinski definition) is 3. The van der Waals surface area contributed by atoms with Gasteiger partial charge in [-0.05, 0) is 40.6 Å². The molecule has 4 heteroatoms. The molecule has 1 N–H and O–H groups in total. The summed E-state index contributed by atoms with van der Waals surface area (Å²) in [6.45, 7) is 3.26. The second-order valence-corrected chi connectivity index (χ2v) is 5.24. The van der Waals surface area contributed by atoms with Crippen molar-refractivity contribution in [1.82, 2.24) is 9.97 Å². The van der Waals surface area contributed by atoms with Crippen LogP contribution in [0.15, 0.2) is 16.9 Å². The van der Waals surface area contributed by atoms with E-state index >= 15 is 0 Å². The molecule has 1 aromatic heterocycles. The van der Waals surface area contributed by atoms with Gasteiger partial charge >= 0.3 is 0 Å². The average molecular weight is 270 g/mol. The summed E-state index contributed by atoms with van der Waals surface area (Å²) in [6, 6.07) is 0. The minimum atomic E-state index is 0.547. The third-order valence-electron chi connectivity index (χ3n) is 2.98. The lowest BCUT2D eigenvalue weighted by Crippen LogP contribution is -2.16. The smallest absolute Gasteiger partial charge is 0.222 e. The molecule has 82 valence electrons. The fourth-order valence-electron chi connectivity index (χ4n) is 1.89. The Morgan fingerprint density at radius 3 is 2.60 bits per heavy atom. The highest BCUT2D eigenvalue weighted by Gasteiger charge is 2.41. The van der Waals surface area contributed by atoms with Gasteiger partial charge in [0, 0.05) is 18.9 Å². The Labute approximate surface area is 98.8 Å². The van der Waals surface area contributed by atoms with Crippen molar-refractivity contribution in [3.8, 4) is 0 Å². The van der Waals surface area contributed by atoms with Crippen molar-refractivity contribution in [1.29, 1.82) is 0 Å². The Balaban J connectivity index is 1.85. The molecule has 0 saturated heterocycles. The monoisotopic (exact) mass is 269 g/mol. The number of aromatic nitrogens is 2. The zero-order valence-electron chi connectivity index (χ0n) is 8.96. The van der Waals surface area contributed by atoms with E-state index in [1.165, 1.54) is 25.7 Å². The van der Waals surface area contributed by atoms with E-state index in [0.29, 0.717) is 5.41 Å². The van der Waals surface area contributed by atoms with Crippen LogP contribution in [0.5, 0.6) is 0 Å². The second-order valence-electron chi connectivity index (χ2n) is 4.33. The average Bonchev–Trinajstić information content (AvgIpc) is 2.99. The number of nitrogens with zero attached hydrogens (tertiary/aromatic N) is 2. The van der Waals surface area contributed by atoms with Crippen molar-refractivity contribution in [2.24, 2.45) is 5.41 Å². The van der Waals surface area contributed by atoms with Gasteiger partial charge in [0.1, 0.15) is 0 Å². The Kier molecular flexibility index (Phi) is 3.24. The fraction of sp³-hybridized carbons (Fsp3) is 0.636. The molecule has 1 aliphatic carbocycles. The van der Waals surface area contributed by atoms with Crippen molar-refractivity contribution in [3.05, 3.63) is 16.9 Å². The van der Waals surface area contributed by atoms with Crippen LogP contribution in [-0.2, 0) is 0 Å². The molecule has 0 amide bonds. The first-order valence-corrected chi connectivity index (χ1v) is 6.25. The molecule has 0 aliphatic heterocycles. The van der Waals surface area contributed by atoms with Gasteiger partial charge in [0.05, 0.1) is 4.47 Å². The minimum absolute atomic E-state index is 0.547. The fourth-order valence-corrected chi connectivity index (χ4v) is 2.10. The van der Waals surface area contributed by atoms with Crippen LogP contribution in [0.4, 0.5) is 5.95 Å². The number of rotatable bonds is 5. The topological polar surface area (TPSA) is 37.8 Å². The molecule has 1 aliphatic rings. The van der Waals surface area contributed by atoms with Gasteiger partial charge in [-0.15, -0.1) is 0 Å². The Morgan fingerprint density at radius 2 is 2.07 bits per heavy atom. The van der Waals surface area contributed by atoms with Crippen LogP contribution >= 0.6 is 15.9 Å². The molecule has 0 atom stereocenters. The number of hydrogen-bond donors (Lipinski definition) is 1. The van der Waals surface area contributed by atoms with Crippen molar-refractivity contribution in [2.45, 2.75) is 32.6 Å². The van der Waals surface area contributed by atoms with Gasteiger partial charge in [-0.25, -0.2) is 9.97 Å². The lowest BCUT2D eigenvalue weighted by atomic mass is 10.0. The molecule has 1 saturated carbocycles. The zero-order chi connectivity index (χ0) is 10.7. The number of halogens is 1. The summed E-state index contributed by atoms with van der Waals surface area (Å²) in [6.07, 6.45) is 8.83. The van der Waals surface area contributed by atoms with Crippen LogP contribution in [0.1, 0.15) is 32.6 Å². The molecule has 0 bridgehead atoms. The van der Waals surface area contributed by atoms with Crippen LogP contribution in [0.25, 0.3) is 0 Å².